The Balaban J connectivity index is 0.000000476. The molecule has 2 fully saturated rings. The van der Waals surface area contributed by atoms with Crippen LogP contribution in [0.3, 0.4) is 0 Å². The maximum Gasteiger partial charge on any atom is 0.410 e. The summed E-state index contributed by atoms with van der Waals surface area (Å²) >= 11 is 6.92. The Kier molecular flexibility index (Phi) is 28.0. The number of alkyl carbamates (subject to hydrolysis) is 1. The molecule has 2 aromatic rings. The number of hydrogen-bond acceptors (Lipinski definition) is 11. The molecule has 64 heavy (non-hydrogen) atoms. The number of carbonyl (C=O) groups is 6. The smallest absolute Gasteiger partial charge is 0.410 e. The maximum absolute atomic E-state index is 12.3. The van der Waals surface area contributed by atoms with Gasteiger partial charge in [0.2, 0.25) is 17.6 Å². The highest BCUT2D eigenvalue weighted by atomic mass is 35.5. The van der Waals surface area contributed by atoms with Crippen LogP contribution in [0.25, 0.3) is 0 Å². The number of nitrogens with one attached hydrogen (secondary N) is 4. The number of Topliss-reactive ketones (excluding diaryl/α,β-unsaturated/α-hetero) is 1. The molecule has 2 saturated heterocycles. The number of ether oxygens (including phenoxy) is 2. The zero-order valence-electron chi connectivity index (χ0n) is 39.4. The number of nitrogens with zero attached hydrogens (tertiary/aromatic N) is 2. The minimum atomic E-state index is -0.722. The lowest BCUT2D eigenvalue weighted by Gasteiger charge is -2.30. The summed E-state index contributed by atoms with van der Waals surface area (Å²) in [6, 6.07) is 16.1. The molecule has 2 aromatic carbocycles. The second-order valence-corrected chi connectivity index (χ2v) is 18.0. The van der Waals surface area contributed by atoms with Crippen molar-refractivity contribution in [3.8, 4) is 0 Å². The molecular weight excluding hydrogens is 860 g/mol. The van der Waals surface area contributed by atoms with Crippen LogP contribution in [0.2, 0.25) is 5.02 Å². The SMILES string of the molecule is CC=C1CCN(C(=O)OC(C)(C)C)CC1.CCCCNC(=O)OC(C)(C)C.CSNCC(=O)N1CCCC1C(=O)NCC(=O)C(=O)NCCc1ccccc1.OCc1ccc(Cl)cc1. The number of rotatable bonds is 14. The third-order valence-corrected chi connectivity index (χ3v) is 9.91. The van der Waals surface area contributed by atoms with Crippen molar-refractivity contribution < 1.29 is 43.3 Å². The van der Waals surface area contributed by atoms with Crippen molar-refractivity contribution in [3.05, 3.63) is 82.4 Å². The van der Waals surface area contributed by atoms with Crippen molar-refractivity contribution >= 4 is 59.2 Å². The molecule has 2 aliphatic rings. The number of aliphatic hydroxyl groups is 1. The number of aliphatic hydroxyl groups excluding tert-OH is 1. The third kappa shape index (κ3) is 26.2. The van der Waals surface area contributed by atoms with E-state index in [9.17, 15) is 28.8 Å². The van der Waals surface area contributed by atoms with E-state index in [4.69, 9.17) is 26.2 Å². The molecule has 0 spiro atoms. The quantitative estimate of drug-likeness (QED) is 0.0567. The van der Waals surface area contributed by atoms with Gasteiger partial charge in [-0.25, -0.2) is 9.59 Å². The highest BCUT2D eigenvalue weighted by molar-refractivity contribution is 7.96. The second-order valence-electron chi connectivity index (χ2n) is 16.9. The van der Waals surface area contributed by atoms with E-state index in [1.54, 1.807) is 29.2 Å². The lowest BCUT2D eigenvalue weighted by molar-refractivity contribution is -0.140. The van der Waals surface area contributed by atoms with Crippen LogP contribution in [0.15, 0.2) is 66.2 Å². The van der Waals surface area contributed by atoms with Crippen molar-refractivity contribution in [2.45, 2.75) is 124 Å². The van der Waals surface area contributed by atoms with Gasteiger partial charge in [-0.3, -0.25) is 23.9 Å². The van der Waals surface area contributed by atoms with Crippen molar-refractivity contribution in [2.24, 2.45) is 0 Å². The molecule has 15 nitrogen and oxygen atoms in total. The number of likely N-dealkylation sites (tertiary alicyclic amines) is 2. The highest BCUT2D eigenvalue weighted by Gasteiger charge is 2.34. The third-order valence-electron chi connectivity index (χ3n) is 9.22. The standard InChI is InChI=1S/C19H26N4O4S.C12H21NO2.C9H19NO2.C7H7ClO/c1-28-22-13-17(25)23-11-5-8-15(23)18(26)21-12-16(24)19(27)20-10-9-14-6-3-2-4-7-14;1-5-10-6-8-13(9-7-10)11(14)15-12(2,3)4;1-5-6-7-10-8(11)12-9(2,3)4;8-7-3-1-6(5-9)2-4-7/h2-4,6-7,15,22H,5,8-13H2,1H3,(H,20,27)(H,21,26);5H,6-9H2,1-4H3;5-7H2,1-4H3,(H,10,11);1-4,9H,5H2. The van der Waals surface area contributed by atoms with Crippen LogP contribution in [0.1, 0.15) is 105 Å². The number of piperidine rings is 1. The van der Waals surface area contributed by atoms with Crippen molar-refractivity contribution in [3.63, 3.8) is 0 Å². The summed E-state index contributed by atoms with van der Waals surface area (Å²) in [5.74, 6) is -1.99. The van der Waals surface area contributed by atoms with E-state index in [0.29, 0.717) is 37.5 Å². The zero-order valence-corrected chi connectivity index (χ0v) is 40.9. The van der Waals surface area contributed by atoms with Crippen LogP contribution >= 0.6 is 23.5 Å². The minimum Gasteiger partial charge on any atom is -0.444 e. The normalized spacial score (nSPS) is 14.5. The van der Waals surface area contributed by atoms with E-state index in [1.807, 2.05) is 78.1 Å². The topological polar surface area (TPSA) is 196 Å². The predicted octanol–water partition coefficient (Wildman–Crippen LogP) is 7.00. The van der Waals surface area contributed by atoms with E-state index in [0.717, 1.165) is 56.3 Å². The Morgan fingerprint density at radius 2 is 1.45 bits per heavy atom. The van der Waals surface area contributed by atoms with Gasteiger partial charge in [-0.2, -0.15) is 0 Å². The Labute approximate surface area is 390 Å². The van der Waals surface area contributed by atoms with Gasteiger partial charge >= 0.3 is 12.2 Å². The van der Waals surface area contributed by atoms with Crippen LogP contribution in [-0.2, 0) is 41.7 Å². The van der Waals surface area contributed by atoms with Crippen molar-refractivity contribution in [1.82, 2.24) is 30.5 Å². The molecular formula is C47H73ClN6O9S. The first-order valence-corrected chi connectivity index (χ1v) is 23.5. The zero-order chi connectivity index (χ0) is 48.1. The van der Waals surface area contributed by atoms with Gasteiger partial charge in [0.15, 0.2) is 0 Å². The van der Waals surface area contributed by atoms with Crippen LogP contribution in [0.5, 0.6) is 0 Å². The van der Waals surface area contributed by atoms with E-state index in [-0.39, 0.29) is 37.8 Å². The molecule has 17 heteroatoms. The monoisotopic (exact) mass is 932 g/mol. The number of hydrogen-bond donors (Lipinski definition) is 5. The fourth-order valence-electron chi connectivity index (χ4n) is 5.87. The number of amides is 5. The molecule has 5 N–H and O–H groups in total. The van der Waals surface area contributed by atoms with E-state index >= 15 is 0 Å². The number of benzene rings is 2. The van der Waals surface area contributed by atoms with E-state index in [2.05, 4.69) is 40.6 Å². The summed E-state index contributed by atoms with van der Waals surface area (Å²) in [6.07, 6.45) is 9.40. The number of carbonyl (C=O) groups excluding carboxylic acids is 6. The van der Waals surface area contributed by atoms with Gasteiger partial charge in [-0.15, -0.1) is 0 Å². The summed E-state index contributed by atoms with van der Waals surface area (Å²) in [5, 5.41) is 17.0. The Hall–Kier alpha value is -4.64. The lowest BCUT2D eigenvalue weighted by atomic mass is 10.0. The summed E-state index contributed by atoms with van der Waals surface area (Å²) in [5.41, 5.74) is 2.61. The first-order valence-electron chi connectivity index (χ1n) is 21.9. The molecule has 4 rings (SSSR count). The summed E-state index contributed by atoms with van der Waals surface area (Å²) in [6.45, 7) is 18.4. The fraction of sp³-hybridized carbons (Fsp3) is 0.574. The summed E-state index contributed by atoms with van der Waals surface area (Å²) < 4.78 is 13.2. The molecule has 0 bridgehead atoms. The van der Waals surface area contributed by atoms with E-state index < -0.39 is 34.8 Å². The predicted molar refractivity (Wildman–Crippen MR) is 255 cm³/mol. The molecule has 2 aliphatic heterocycles. The van der Waals surface area contributed by atoms with Crippen LogP contribution in [-0.4, -0.2) is 120 Å². The van der Waals surface area contributed by atoms with Gasteiger partial charge in [-0.1, -0.05) is 91.0 Å². The average molecular weight is 934 g/mol. The maximum atomic E-state index is 12.3. The van der Waals surface area contributed by atoms with Crippen molar-refractivity contribution in [1.29, 1.82) is 0 Å². The number of halogens is 1. The van der Waals surface area contributed by atoms with E-state index in [1.165, 1.54) is 22.4 Å². The van der Waals surface area contributed by atoms with Crippen LogP contribution in [0.4, 0.5) is 9.59 Å². The lowest BCUT2D eigenvalue weighted by Crippen LogP contribution is -2.49. The summed E-state index contributed by atoms with van der Waals surface area (Å²) in [4.78, 5) is 74.3. The molecule has 0 aromatic heterocycles. The molecule has 2 heterocycles. The molecule has 358 valence electrons. The molecule has 1 atom stereocenters. The molecule has 1 unspecified atom stereocenters. The van der Waals surface area contributed by atoms with Gasteiger partial charge in [0.05, 0.1) is 19.7 Å². The Morgan fingerprint density at radius 1 is 0.828 bits per heavy atom. The second kappa shape index (κ2) is 31.3. The average Bonchev–Trinajstić information content (AvgIpc) is 3.75. The number of ketones is 1. The molecule has 0 radical (unpaired) electrons. The molecule has 5 amide bonds. The fourth-order valence-corrected chi connectivity index (χ4v) is 6.26. The van der Waals surface area contributed by atoms with Crippen molar-refractivity contribution in [2.75, 3.05) is 52.1 Å². The Bertz CT molecular complexity index is 1740. The van der Waals surface area contributed by atoms with Crippen LogP contribution < -0.4 is 20.7 Å². The van der Waals surface area contributed by atoms with Gasteiger partial charge < -0.3 is 40.3 Å². The van der Waals surface area contributed by atoms with Gasteiger partial charge in [0.1, 0.15) is 17.2 Å². The number of allylic oxidation sites excluding steroid dienone is 1. The number of unbranched alkanes of at least 4 members (excludes halogenated alkanes) is 1. The summed E-state index contributed by atoms with van der Waals surface area (Å²) in [7, 11) is 0. The molecule has 0 saturated carbocycles. The Morgan fingerprint density at radius 3 is 2.00 bits per heavy atom. The van der Waals surface area contributed by atoms with Gasteiger partial charge in [0.25, 0.3) is 5.91 Å². The largest absolute Gasteiger partial charge is 0.444 e. The van der Waals surface area contributed by atoms with Crippen LogP contribution in [0, 0.1) is 0 Å². The molecule has 0 aliphatic carbocycles. The first kappa shape index (κ1) is 57.4. The highest BCUT2D eigenvalue weighted by Crippen LogP contribution is 2.19. The minimum absolute atomic E-state index is 0.0805. The van der Waals surface area contributed by atoms with Gasteiger partial charge in [0, 0.05) is 37.7 Å². The van der Waals surface area contributed by atoms with Gasteiger partial charge in [-0.05, 0) is 117 Å². The first-order chi connectivity index (χ1) is 30.2.